The lowest BCUT2D eigenvalue weighted by Gasteiger charge is -2.09. The zero-order chi connectivity index (χ0) is 22.1. The van der Waals surface area contributed by atoms with Crippen LogP contribution in [0.3, 0.4) is 0 Å². The normalized spacial score (nSPS) is 11.4. The fraction of sp³-hybridized carbons (Fsp3) is 0. The van der Waals surface area contributed by atoms with Crippen molar-refractivity contribution in [2.75, 3.05) is 0 Å². The molecule has 1 amide bonds. The molecule has 5 aromatic rings. The molecule has 0 aliphatic heterocycles. The van der Waals surface area contributed by atoms with E-state index in [0.29, 0.717) is 26.8 Å². The topological polar surface area (TPSA) is 70.1 Å². The van der Waals surface area contributed by atoms with Crippen LogP contribution in [0.15, 0.2) is 84.1 Å². The number of halogens is 2. The molecule has 0 unspecified atom stereocenters. The third kappa shape index (κ3) is 3.84. The van der Waals surface area contributed by atoms with Gasteiger partial charge in [0, 0.05) is 33.6 Å². The van der Waals surface area contributed by atoms with Gasteiger partial charge in [0.15, 0.2) is 0 Å². The molecule has 7 heteroatoms. The first-order valence-corrected chi connectivity index (χ1v) is 10.6. The molecular weight excluding hydrogens is 443 g/mol. The van der Waals surface area contributed by atoms with E-state index in [9.17, 15) is 4.79 Å². The van der Waals surface area contributed by atoms with Gasteiger partial charge in [0.1, 0.15) is 0 Å². The van der Waals surface area contributed by atoms with Crippen molar-refractivity contribution in [3.63, 3.8) is 0 Å². The molecule has 2 aromatic heterocycles. The lowest BCUT2D eigenvalue weighted by molar-refractivity contribution is 0.0956. The predicted molar refractivity (Wildman–Crippen MR) is 131 cm³/mol. The Kier molecular flexibility index (Phi) is 5.35. The fourth-order valence-electron chi connectivity index (χ4n) is 3.59. The summed E-state index contributed by atoms with van der Waals surface area (Å²) in [6, 6.07) is 22.4. The number of rotatable bonds is 4. The molecule has 0 fully saturated rings. The van der Waals surface area contributed by atoms with Crippen molar-refractivity contribution < 1.29 is 4.79 Å². The Labute approximate surface area is 193 Å². The van der Waals surface area contributed by atoms with Crippen LogP contribution in [0.5, 0.6) is 0 Å². The zero-order valence-corrected chi connectivity index (χ0v) is 18.2. The van der Waals surface area contributed by atoms with Crippen molar-refractivity contribution in [1.82, 2.24) is 15.4 Å². The fourth-order valence-corrected chi connectivity index (χ4v) is 3.89. The molecular formula is C25H16Cl2N4O. The van der Waals surface area contributed by atoms with Gasteiger partial charge in [0.2, 0.25) is 0 Å². The van der Waals surface area contributed by atoms with Gasteiger partial charge in [-0.2, -0.15) is 5.10 Å². The van der Waals surface area contributed by atoms with Crippen LogP contribution in [-0.4, -0.2) is 22.1 Å². The zero-order valence-electron chi connectivity index (χ0n) is 16.6. The number of hydrogen-bond acceptors (Lipinski definition) is 3. The predicted octanol–water partition coefficient (Wildman–Crippen LogP) is 6.45. The molecule has 32 heavy (non-hydrogen) atoms. The van der Waals surface area contributed by atoms with E-state index >= 15 is 0 Å². The lowest BCUT2D eigenvalue weighted by atomic mass is 10.0. The molecule has 0 aliphatic rings. The number of hydrogen-bond donors (Lipinski definition) is 2. The van der Waals surface area contributed by atoms with Crippen molar-refractivity contribution >= 4 is 57.1 Å². The van der Waals surface area contributed by atoms with E-state index in [-0.39, 0.29) is 5.91 Å². The molecule has 5 nitrogen and oxygen atoms in total. The van der Waals surface area contributed by atoms with E-state index in [1.165, 1.54) is 0 Å². The summed E-state index contributed by atoms with van der Waals surface area (Å²) in [5.74, 6) is -0.332. The summed E-state index contributed by atoms with van der Waals surface area (Å²) in [5.41, 5.74) is 7.07. The highest BCUT2D eigenvalue weighted by atomic mass is 35.5. The molecule has 0 saturated carbocycles. The summed E-state index contributed by atoms with van der Waals surface area (Å²) in [4.78, 5) is 20.9. The number of nitrogens with one attached hydrogen (secondary N) is 2. The highest BCUT2D eigenvalue weighted by molar-refractivity contribution is 6.42. The molecule has 0 atom stereocenters. The van der Waals surface area contributed by atoms with E-state index in [1.807, 2.05) is 60.8 Å². The van der Waals surface area contributed by atoms with Crippen LogP contribution in [0, 0.1) is 0 Å². The quantitative estimate of drug-likeness (QED) is 0.239. The Hall–Kier alpha value is -3.67. The number of nitrogens with zero attached hydrogens (tertiary/aromatic N) is 2. The molecule has 0 radical (unpaired) electrons. The summed E-state index contributed by atoms with van der Waals surface area (Å²) in [6.45, 7) is 0. The number of H-pyrrole nitrogens is 1. The molecule has 0 aliphatic carbocycles. The molecule has 2 N–H and O–H groups in total. The second kappa shape index (κ2) is 8.46. The van der Waals surface area contributed by atoms with Crippen LogP contribution in [0.2, 0.25) is 10.0 Å². The number of carbonyl (C=O) groups excluding carboxylic acids is 1. The van der Waals surface area contributed by atoms with Crippen molar-refractivity contribution in [2.24, 2.45) is 5.10 Å². The number of carbonyl (C=O) groups is 1. The molecule has 5 rings (SSSR count). The molecule has 0 spiro atoms. The number of amides is 1. The number of para-hydroxylation sites is 2. The lowest BCUT2D eigenvalue weighted by Crippen LogP contribution is -2.18. The number of aromatic nitrogens is 2. The Bertz CT molecular complexity index is 1510. The van der Waals surface area contributed by atoms with E-state index in [4.69, 9.17) is 28.2 Å². The highest BCUT2D eigenvalue weighted by Gasteiger charge is 2.14. The van der Waals surface area contributed by atoms with Crippen LogP contribution in [0.1, 0.15) is 15.9 Å². The van der Waals surface area contributed by atoms with Gasteiger partial charge < -0.3 is 4.98 Å². The molecule has 3 aromatic carbocycles. The summed E-state index contributed by atoms with van der Waals surface area (Å²) >= 11 is 12.2. The largest absolute Gasteiger partial charge is 0.361 e. The molecule has 156 valence electrons. The van der Waals surface area contributed by atoms with Crippen molar-refractivity contribution in [3.8, 4) is 11.3 Å². The number of pyridine rings is 1. The van der Waals surface area contributed by atoms with Gasteiger partial charge in [0.05, 0.1) is 33.0 Å². The third-order valence-electron chi connectivity index (χ3n) is 5.17. The van der Waals surface area contributed by atoms with Crippen LogP contribution in [0.4, 0.5) is 0 Å². The monoisotopic (exact) mass is 458 g/mol. The van der Waals surface area contributed by atoms with Crippen molar-refractivity contribution in [1.29, 1.82) is 0 Å². The van der Waals surface area contributed by atoms with E-state index in [2.05, 4.69) is 15.5 Å². The molecule has 0 bridgehead atoms. The highest BCUT2D eigenvalue weighted by Crippen LogP contribution is 2.30. The first-order chi connectivity index (χ1) is 15.6. The minimum absolute atomic E-state index is 0.332. The average molecular weight is 459 g/mol. The minimum Gasteiger partial charge on any atom is -0.361 e. The standard InChI is InChI=1S/C25H16Cl2N4O/c26-20-10-9-15(11-21(20)27)24-12-19(18-6-2-4-8-23(18)30-24)25(32)31-29-14-16-13-28-22-7-3-1-5-17(16)22/h1-14,28H,(H,31,32)/b29-14+. The van der Waals surface area contributed by atoms with Gasteiger partial charge in [0.25, 0.3) is 5.91 Å². The van der Waals surface area contributed by atoms with Crippen molar-refractivity contribution in [3.05, 3.63) is 100 Å². The Morgan fingerprint density at radius 2 is 1.72 bits per heavy atom. The van der Waals surface area contributed by atoms with Crippen LogP contribution >= 0.6 is 23.2 Å². The van der Waals surface area contributed by atoms with Crippen LogP contribution in [0.25, 0.3) is 33.1 Å². The summed E-state index contributed by atoms with van der Waals surface area (Å²) in [7, 11) is 0. The Morgan fingerprint density at radius 3 is 2.56 bits per heavy atom. The molecule has 0 saturated heterocycles. The van der Waals surface area contributed by atoms with Gasteiger partial charge in [-0.05, 0) is 30.3 Å². The van der Waals surface area contributed by atoms with Gasteiger partial charge in [-0.15, -0.1) is 0 Å². The van der Waals surface area contributed by atoms with E-state index in [0.717, 1.165) is 27.4 Å². The average Bonchev–Trinajstić information content (AvgIpc) is 3.23. The number of fused-ring (bicyclic) bond motifs is 2. The Balaban J connectivity index is 1.49. The van der Waals surface area contributed by atoms with E-state index < -0.39 is 0 Å². The van der Waals surface area contributed by atoms with Gasteiger partial charge >= 0.3 is 0 Å². The maximum absolute atomic E-state index is 13.0. The number of aromatic amines is 1. The van der Waals surface area contributed by atoms with Crippen molar-refractivity contribution in [2.45, 2.75) is 0 Å². The third-order valence-corrected chi connectivity index (χ3v) is 5.91. The second-order valence-corrected chi connectivity index (χ2v) is 8.00. The molecule has 2 heterocycles. The summed E-state index contributed by atoms with van der Waals surface area (Å²) in [5, 5.41) is 6.82. The van der Waals surface area contributed by atoms with Crippen LogP contribution in [-0.2, 0) is 0 Å². The van der Waals surface area contributed by atoms with Crippen LogP contribution < -0.4 is 5.43 Å². The maximum Gasteiger partial charge on any atom is 0.272 e. The number of benzene rings is 3. The first kappa shape index (κ1) is 20.2. The van der Waals surface area contributed by atoms with Gasteiger partial charge in [-0.1, -0.05) is 65.7 Å². The van der Waals surface area contributed by atoms with E-state index in [1.54, 1.807) is 24.4 Å². The summed E-state index contributed by atoms with van der Waals surface area (Å²) < 4.78 is 0. The van der Waals surface area contributed by atoms with Gasteiger partial charge in [-0.3, -0.25) is 4.79 Å². The SMILES string of the molecule is O=C(N/N=C/c1c[nH]c2ccccc12)c1cc(-c2ccc(Cl)c(Cl)c2)nc2ccccc12. The maximum atomic E-state index is 13.0. The summed E-state index contributed by atoms with van der Waals surface area (Å²) in [6.07, 6.45) is 3.48. The smallest absolute Gasteiger partial charge is 0.272 e. The second-order valence-electron chi connectivity index (χ2n) is 7.19. The Morgan fingerprint density at radius 1 is 0.938 bits per heavy atom. The van der Waals surface area contributed by atoms with Gasteiger partial charge in [-0.25, -0.2) is 10.4 Å². The first-order valence-electron chi connectivity index (χ1n) is 9.85. The number of hydrazone groups is 1. The minimum atomic E-state index is -0.332.